The molecular weight excluding hydrogens is 300 g/mol. The quantitative estimate of drug-likeness (QED) is 0.784. The topological polar surface area (TPSA) is 59.8 Å². The van der Waals surface area contributed by atoms with Gasteiger partial charge in [0.15, 0.2) is 0 Å². The molecular formula is C19H20N4O. The molecule has 24 heavy (non-hydrogen) atoms. The number of amides is 1. The summed E-state index contributed by atoms with van der Waals surface area (Å²) >= 11 is 0. The van der Waals surface area contributed by atoms with Gasteiger partial charge in [0.2, 0.25) is 0 Å². The molecule has 0 saturated heterocycles. The molecule has 3 rings (SSSR count). The fourth-order valence-electron chi connectivity index (χ4n) is 2.47. The van der Waals surface area contributed by atoms with Crippen molar-refractivity contribution in [3.05, 3.63) is 83.9 Å². The highest BCUT2D eigenvalue weighted by molar-refractivity contribution is 5.94. The fraction of sp³-hybridized carbons (Fsp3) is 0.211. The van der Waals surface area contributed by atoms with E-state index in [1.54, 1.807) is 23.3 Å². The van der Waals surface area contributed by atoms with E-state index in [4.69, 9.17) is 0 Å². The fourth-order valence-corrected chi connectivity index (χ4v) is 2.47. The van der Waals surface area contributed by atoms with Crippen molar-refractivity contribution < 1.29 is 4.79 Å². The third-order valence-electron chi connectivity index (χ3n) is 3.78. The van der Waals surface area contributed by atoms with Crippen molar-refractivity contribution >= 4 is 5.91 Å². The Morgan fingerprint density at radius 2 is 1.83 bits per heavy atom. The van der Waals surface area contributed by atoms with E-state index in [2.05, 4.69) is 15.4 Å². The molecule has 0 bridgehead atoms. The predicted octanol–water partition coefficient (Wildman–Crippen LogP) is 3.38. The summed E-state index contributed by atoms with van der Waals surface area (Å²) in [6.45, 7) is 4.05. The Bertz CT molecular complexity index is 757. The zero-order valence-electron chi connectivity index (χ0n) is 13.8. The lowest BCUT2D eigenvalue weighted by molar-refractivity contribution is 0.0942. The number of hydrogen-bond donors (Lipinski definition) is 1. The first kappa shape index (κ1) is 15.9. The van der Waals surface area contributed by atoms with E-state index in [1.165, 1.54) is 0 Å². The van der Waals surface area contributed by atoms with Gasteiger partial charge in [-0.05, 0) is 31.5 Å². The van der Waals surface area contributed by atoms with Gasteiger partial charge in [-0.3, -0.25) is 14.5 Å². The lowest BCUT2D eigenvalue weighted by Gasteiger charge is -2.18. The molecule has 0 aliphatic heterocycles. The number of aromatic nitrogens is 3. The van der Waals surface area contributed by atoms with E-state index < -0.39 is 0 Å². The number of hydrogen-bond acceptors (Lipinski definition) is 3. The SMILES string of the molecule is CC(C)n1cc(C(=O)NC(c2ccccc2)c2ccccn2)cn1. The number of benzene rings is 1. The van der Waals surface area contributed by atoms with Crippen molar-refractivity contribution in [2.24, 2.45) is 0 Å². The Balaban J connectivity index is 1.88. The lowest BCUT2D eigenvalue weighted by atomic mass is 10.0. The van der Waals surface area contributed by atoms with Gasteiger partial charge >= 0.3 is 0 Å². The van der Waals surface area contributed by atoms with Crippen LogP contribution in [0.1, 0.15) is 47.5 Å². The third-order valence-corrected chi connectivity index (χ3v) is 3.78. The summed E-state index contributed by atoms with van der Waals surface area (Å²) in [5.41, 5.74) is 2.33. The van der Waals surface area contributed by atoms with Gasteiger partial charge in [-0.1, -0.05) is 36.4 Å². The van der Waals surface area contributed by atoms with Gasteiger partial charge in [0.05, 0.1) is 23.5 Å². The van der Waals surface area contributed by atoms with Crippen molar-refractivity contribution in [1.82, 2.24) is 20.1 Å². The Morgan fingerprint density at radius 1 is 1.08 bits per heavy atom. The van der Waals surface area contributed by atoms with Crippen LogP contribution in [0.3, 0.4) is 0 Å². The van der Waals surface area contributed by atoms with E-state index in [1.807, 2.05) is 62.4 Å². The monoisotopic (exact) mass is 320 g/mol. The summed E-state index contributed by atoms with van der Waals surface area (Å²) in [5.74, 6) is -0.165. The molecule has 1 N–H and O–H groups in total. The Kier molecular flexibility index (Phi) is 4.70. The molecule has 5 nitrogen and oxygen atoms in total. The molecule has 122 valence electrons. The number of nitrogens with one attached hydrogen (secondary N) is 1. The highest BCUT2D eigenvalue weighted by atomic mass is 16.1. The smallest absolute Gasteiger partial charge is 0.255 e. The number of carbonyl (C=O) groups is 1. The lowest BCUT2D eigenvalue weighted by Crippen LogP contribution is -2.29. The summed E-state index contributed by atoms with van der Waals surface area (Å²) in [6.07, 6.45) is 5.09. The molecule has 0 aliphatic rings. The Morgan fingerprint density at radius 3 is 2.46 bits per heavy atom. The molecule has 2 aromatic heterocycles. The summed E-state index contributed by atoms with van der Waals surface area (Å²) < 4.78 is 1.77. The van der Waals surface area contributed by atoms with Crippen molar-refractivity contribution in [2.45, 2.75) is 25.9 Å². The zero-order valence-corrected chi connectivity index (χ0v) is 13.8. The van der Waals surface area contributed by atoms with Crippen LogP contribution in [0.25, 0.3) is 0 Å². The van der Waals surface area contributed by atoms with Crippen molar-refractivity contribution in [3.8, 4) is 0 Å². The molecule has 1 amide bonds. The van der Waals surface area contributed by atoms with Gasteiger partial charge in [-0.2, -0.15) is 5.10 Å². The maximum Gasteiger partial charge on any atom is 0.255 e. The van der Waals surface area contributed by atoms with Crippen LogP contribution in [-0.4, -0.2) is 20.7 Å². The summed E-state index contributed by atoms with van der Waals surface area (Å²) in [6, 6.07) is 15.4. The van der Waals surface area contributed by atoms with Crippen LogP contribution in [0.15, 0.2) is 67.1 Å². The number of nitrogens with zero attached hydrogens (tertiary/aromatic N) is 3. The predicted molar refractivity (Wildman–Crippen MR) is 92.6 cm³/mol. The molecule has 1 atom stereocenters. The second-order valence-electron chi connectivity index (χ2n) is 5.87. The normalized spacial score (nSPS) is 12.1. The van der Waals surface area contributed by atoms with Crippen molar-refractivity contribution in [3.63, 3.8) is 0 Å². The minimum Gasteiger partial charge on any atom is -0.339 e. The summed E-state index contributed by atoms with van der Waals surface area (Å²) in [7, 11) is 0. The maximum absolute atomic E-state index is 12.6. The van der Waals surface area contributed by atoms with Crippen LogP contribution in [0.5, 0.6) is 0 Å². The minimum atomic E-state index is -0.303. The minimum absolute atomic E-state index is 0.165. The molecule has 2 heterocycles. The first-order chi connectivity index (χ1) is 11.6. The molecule has 1 aromatic carbocycles. The van der Waals surface area contributed by atoms with E-state index in [-0.39, 0.29) is 18.0 Å². The van der Waals surface area contributed by atoms with E-state index >= 15 is 0 Å². The average Bonchev–Trinajstić information content (AvgIpc) is 3.11. The van der Waals surface area contributed by atoms with Gasteiger partial charge in [-0.15, -0.1) is 0 Å². The molecule has 0 fully saturated rings. The van der Waals surface area contributed by atoms with E-state index in [0.717, 1.165) is 11.3 Å². The van der Waals surface area contributed by atoms with Gasteiger partial charge in [0, 0.05) is 18.4 Å². The molecule has 3 aromatic rings. The molecule has 0 spiro atoms. The van der Waals surface area contributed by atoms with Gasteiger partial charge in [0.1, 0.15) is 0 Å². The second kappa shape index (κ2) is 7.08. The Hall–Kier alpha value is -2.95. The maximum atomic E-state index is 12.6. The van der Waals surface area contributed by atoms with E-state index in [9.17, 15) is 4.79 Å². The number of rotatable bonds is 5. The molecule has 0 radical (unpaired) electrons. The zero-order chi connectivity index (χ0) is 16.9. The highest BCUT2D eigenvalue weighted by Gasteiger charge is 2.19. The van der Waals surface area contributed by atoms with Crippen LogP contribution in [-0.2, 0) is 0 Å². The Labute approximate surface area is 141 Å². The van der Waals surface area contributed by atoms with Gasteiger partial charge < -0.3 is 5.32 Å². The van der Waals surface area contributed by atoms with Crippen molar-refractivity contribution in [1.29, 1.82) is 0 Å². The summed E-state index contributed by atoms with van der Waals surface area (Å²) in [5, 5.41) is 7.29. The van der Waals surface area contributed by atoms with E-state index in [0.29, 0.717) is 5.56 Å². The largest absolute Gasteiger partial charge is 0.339 e. The van der Waals surface area contributed by atoms with Crippen LogP contribution in [0.2, 0.25) is 0 Å². The van der Waals surface area contributed by atoms with Gasteiger partial charge in [0.25, 0.3) is 5.91 Å². The average molecular weight is 320 g/mol. The van der Waals surface area contributed by atoms with Crippen LogP contribution < -0.4 is 5.32 Å². The number of carbonyl (C=O) groups excluding carboxylic acids is 1. The second-order valence-corrected chi connectivity index (χ2v) is 5.87. The first-order valence-electron chi connectivity index (χ1n) is 7.96. The molecule has 0 saturated carbocycles. The molecule has 0 aliphatic carbocycles. The van der Waals surface area contributed by atoms with Crippen LogP contribution in [0, 0.1) is 0 Å². The van der Waals surface area contributed by atoms with Crippen LogP contribution in [0.4, 0.5) is 0 Å². The highest BCUT2D eigenvalue weighted by Crippen LogP contribution is 2.20. The molecule has 1 unspecified atom stereocenters. The summed E-state index contributed by atoms with van der Waals surface area (Å²) in [4.78, 5) is 17.0. The van der Waals surface area contributed by atoms with Gasteiger partial charge in [-0.25, -0.2) is 0 Å². The van der Waals surface area contributed by atoms with Crippen molar-refractivity contribution in [2.75, 3.05) is 0 Å². The third kappa shape index (κ3) is 3.51. The number of pyridine rings is 1. The first-order valence-corrected chi connectivity index (χ1v) is 7.96. The molecule has 5 heteroatoms. The van der Waals surface area contributed by atoms with Crippen LogP contribution >= 0.6 is 0 Å². The standard InChI is InChI=1S/C19H20N4O/c1-14(2)23-13-16(12-21-23)19(24)22-18(15-8-4-3-5-9-15)17-10-6-7-11-20-17/h3-14,18H,1-2H3,(H,22,24).